The SMILES string of the molecule is CCC1CCCCN1C(=O)C(C)Sc1ncc(-c2ccc(F)cc2)o1. The third-order valence-electron chi connectivity index (χ3n) is 4.62. The fourth-order valence-corrected chi connectivity index (χ4v) is 4.00. The van der Waals surface area contributed by atoms with Crippen LogP contribution in [-0.2, 0) is 4.79 Å². The van der Waals surface area contributed by atoms with Crippen molar-refractivity contribution in [1.29, 1.82) is 0 Å². The van der Waals surface area contributed by atoms with Crippen LogP contribution in [-0.4, -0.2) is 33.6 Å². The highest BCUT2D eigenvalue weighted by atomic mass is 32.2. The van der Waals surface area contributed by atoms with Crippen molar-refractivity contribution in [1.82, 2.24) is 9.88 Å². The summed E-state index contributed by atoms with van der Waals surface area (Å²) in [4.78, 5) is 19.1. The molecule has 1 fully saturated rings. The van der Waals surface area contributed by atoms with Crippen molar-refractivity contribution in [2.24, 2.45) is 0 Å². The van der Waals surface area contributed by atoms with Crippen molar-refractivity contribution < 1.29 is 13.6 Å². The van der Waals surface area contributed by atoms with Gasteiger partial charge in [-0.1, -0.05) is 18.7 Å². The monoisotopic (exact) mass is 362 g/mol. The highest BCUT2D eigenvalue weighted by Crippen LogP contribution is 2.30. The number of aromatic nitrogens is 1. The van der Waals surface area contributed by atoms with Crippen LogP contribution in [0.1, 0.15) is 39.5 Å². The fourth-order valence-electron chi connectivity index (χ4n) is 3.21. The quantitative estimate of drug-likeness (QED) is 0.720. The van der Waals surface area contributed by atoms with Gasteiger partial charge in [0.15, 0.2) is 5.76 Å². The first kappa shape index (κ1) is 18.0. The first-order valence-corrected chi connectivity index (χ1v) is 9.65. The van der Waals surface area contributed by atoms with Crippen molar-refractivity contribution in [2.45, 2.75) is 56.0 Å². The normalized spacial score (nSPS) is 19.0. The Kier molecular flexibility index (Phi) is 5.78. The van der Waals surface area contributed by atoms with E-state index in [1.165, 1.54) is 30.3 Å². The van der Waals surface area contributed by atoms with Gasteiger partial charge >= 0.3 is 0 Å². The van der Waals surface area contributed by atoms with Gasteiger partial charge < -0.3 is 9.32 Å². The molecule has 0 saturated carbocycles. The number of oxazole rings is 1. The Morgan fingerprint density at radius 3 is 2.88 bits per heavy atom. The summed E-state index contributed by atoms with van der Waals surface area (Å²) in [7, 11) is 0. The van der Waals surface area contributed by atoms with Gasteiger partial charge in [0.25, 0.3) is 5.22 Å². The van der Waals surface area contributed by atoms with Gasteiger partial charge in [0.05, 0.1) is 11.4 Å². The molecule has 1 aromatic carbocycles. The molecule has 1 aromatic heterocycles. The average Bonchev–Trinajstić information content (AvgIpc) is 3.10. The van der Waals surface area contributed by atoms with Gasteiger partial charge in [0.2, 0.25) is 5.91 Å². The maximum Gasteiger partial charge on any atom is 0.256 e. The van der Waals surface area contributed by atoms with Crippen molar-refractivity contribution in [3.8, 4) is 11.3 Å². The molecule has 134 valence electrons. The van der Waals surface area contributed by atoms with Crippen LogP contribution >= 0.6 is 11.8 Å². The molecule has 2 atom stereocenters. The lowest BCUT2D eigenvalue weighted by Crippen LogP contribution is -2.46. The molecule has 1 aliphatic heterocycles. The molecule has 0 spiro atoms. The molecule has 3 rings (SSSR count). The van der Waals surface area contributed by atoms with E-state index in [0.717, 1.165) is 31.4 Å². The molecule has 0 N–H and O–H groups in total. The summed E-state index contributed by atoms with van der Waals surface area (Å²) in [6.07, 6.45) is 5.98. The summed E-state index contributed by atoms with van der Waals surface area (Å²) >= 11 is 1.33. The molecule has 25 heavy (non-hydrogen) atoms. The Morgan fingerprint density at radius 2 is 2.16 bits per heavy atom. The van der Waals surface area contributed by atoms with Crippen LogP contribution in [0.4, 0.5) is 4.39 Å². The number of hydrogen-bond donors (Lipinski definition) is 0. The number of benzene rings is 1. The molecular formula is C19H23FN2O2S. The number of piperidine rings is 1. The third-order valence-corrected chi connectivity index (χ3v) is 5.57. The highest BCUT2D eigenvalue weighted by molar-refractivity contribution is 8.00. The summed E-state index contributed by atoms with van der Waals surface area (Å²) in [6.45, 7) is 4.88. The smallest absolute Gasteiger partial charge is 0.256 e. The standard InChI is InChI=1S/C19H23FN2O2S/c1-3-16-6-4-5-11-22(16)18(23)13(2)25-19-21-12-17(24-19)14-7-9-15(20)10-8-14/h7-10,12-13,16H,3-6,11H2,1-2H3. The first-order valence-electron chi connectivity index (χ1n) is 8.77. The maximum absolute atomic E-state index is 13.0. The van der Waals surface area contributed by atoms with Crippen LogP contribution in [0.2, 0.25) is 0 Å². The van der Waals surface area contributed by atoms with E-state index in [2.05, 4.69) is 11.9 Å². The van der Waals surface area contributed by atoms with E-state index in [-0.39, 0.29) is 17.0 Å². The molecule has 0 radical (unpaired) electrons. The number of carbonyl (C=O) groups is 1. The number of thioether (sulfide) groups is 1. The molecule has 4 nitrogen and oxygen atoms in total. The Balaban J connectivity index is 1.65. The predicted octanol–water partition coefficient (Wildman–Crippen LogP) is 4.75. The van der Waals surface area contributed by atoms with Crippen molar-refractivity contribution in [2.75, 3.05) is 6.54 Å². The van der Waals surface area contributed by atoms with Crippen LogP contribution in [0.3, 0.4) is 0 Å². The lowest BCUT2D eigenvalue weighted by atomic mass is 10.00. The fraction of sp³-hybridized carbons (Fsp3) is 0.474. The molecule has 2 unspecified atom stereocenters. The largest absolute Gasteiger partial charge is 0.431 e. The predicted molar refractivity (Wildman–Crippen MR) is 96.9 cm³/mol. The van der Waals surface area contributed by atoms with Crippen molar-refractivity contribution in [3.63, 3.8) is 0 Å². The maximum atomic E-state index is 13.0. The topological polar surface area (TPSA) is 46.3 Å². The molecular weight excluding hydrogens is 339 g/mol. The summed E-state index contributed by atoms with van der Waals surface area (Å²) < 4.78 is 18.7. The van der Waals surface area contributed by atoms with Crippen LogP contribution in [0, 0.1) is 5.82 Å². The number of halogens is 1. The minimum absolute atomic E-state index is 0.151. The Hall–Kier alpha value is -1.82. The minimum atomic E-state index is -0.288. The van der Waals surface area contributed by atoms with Crippen molar-refractivity contribution in [3.05, 3.63) is 36.3 Å². The van der Waals surface area contributed by atoms with Crippen LogP contribution in [0.5, 0.6) is 0 Å². The summed E-state index contributed by atoms with van der Waals surface area (Å²) in [6, 6.07) is 6.43. The zero-order valence-electron chi connectivity index (χ0n) is 14.6. The number of rotatable bonds is 5. The molecule has 2 heterocycles. The first-order chi connectivity index (χ1) is 12.1. The van der Waals surface area contributed by atoms with Gasteiger partial charge in [0, 0.05) is 18.2 Å². The van der Waals surface area contributed by atoms with Crippen molar-refractivity contribution >= 4 is 17.7 Å². The second kappa shape index (κ2) is 8.04. The lowest BCUT2D eigenvalue weighted by Gasteiger charge is -2.36. The lowest BCUT2D eigenvalue weighted by molar-refractivity contribution is -0.134. The number of carbonyl (C=O) groups excluding carboxylic acids is 1. The molecule has 1 saturated heterocycles. The van der Waals surface area contributed by atoms with Gasteiger partial charge in [0.1, 0.15) is 5.82 Å². The summed E-state index contributed by atoms with van der Waals surface area (Å²) in [5, 5.41) is 0.220. The molecule has 2 aromatic rings. The zero-order valence-corrected chi connectivity index (χ0v) is 15.4. The molecule has 1 aliphatic rings. The second-order valence-electron chi connectivity index (χ2n) is 6.35. The molecule has 1 amide bonds. The van der Waals surface area contributed by atoms with Gasteiger partial charge in [-0.15, -0.1) is 0 Å². The third kappa shape index (κ3) is 4.24. The summed E-state index contributed by atoms with van der Waals surface area (Å²) in [5.74, 6) is 0.439. The van der Waals surface area contributed by atoms with Crippen LogP contribution in [0.25, 0.3) is 11.3 Å². The number of likely N-dealkylation sites (tertiary alicyclic amines) is 1. The number of amides is 1. The Labute approximate surface area is 151 Å². The second-order valence-corrected chi connectivity index (χ2v) is 7.64. The van der Waals surface area contributed by atoms with E-state index in [1.54, 1.807) is 18.3 Å². The Morgan fingerprint density at radius 1 is 1.40 bits per heavy atom. The van der Waals surface area contributed by atoms with E-state index in [9.17, 15) is 9.18 Å². The minimum Gasteiger partial charge on any atom is -0.431 e. The van der Waals surface area contributed by atoms with Gasteiger partial charge in [-0.2, -0.15) is 0 Å². The van der Waals surface area contributed by atoms with E-state index in [4.69, 9.17) is 4.42 Å². The van der Waals surface area contributed by atoms with Gasteiger partial charge in [-0.05, 0) is 56.9 Å². The zero-order chi connectivity index (χ0) is 17.8. The number of nitrogens with zero attached hydrogens (tertiary/aromatic N) is 2. The molecule has 0 aliphatic carbocycles. The average molecular weight is 362 g/mol. The molecule has 6 heteroatoms. The van der Waals surface area contributed by atoms with E-state index in [0.29, 0.717) is 17.0 Å². The highest BCUT2D eigenvalue weighted by Gasteiger charge is 2.29. The van der Waals surface area contributed by atoms with E-state index in [1.807, 2.05) is 11.8 Å². The Bertz CT molecular complexity index is 716. The van der Waals surface area contributed by atoms with Crippen LogP contribution < -0.4 is 0 Å². The van der Waals surface area contributed by atoms with E-state index < -0.39 is 0 Å². The van der Waals surface area contributed by atoms with Gasteiger partial charge in [-0.25, -0.2) is 9.37 Å². The van der Waals surface area contributed by atoms with Gasteiger partial charge in [-0.3, -0.25) is 4.79 Å². The van der Waals surface area contributed by atoms with Crippen LogP contribution in [0.15, 0.2) is 40.1 Å². The molecule has 0 bridgehead atoms. The van der Waals surface area contributed by atoms with E-state index >= 15 is 0 Å². The number of hydrogen-bond acceptors (Lipinski definition) is 4. The summed E-state index contributed by atoms with van der Waals surface area (Å²) in [5.41, 5.74) is 0.766.